The predicted molar refractivity (Wildman–Crippen MR) is 72.7 cm³/mol. The summed E-state index contributed by atoms with van der Waals surface area (Å²) in [6.07, 6.45) is -1.58. The smallest absolute Gasteiger partial charge is 0.363 e. The van der Waals surface area contributed by atoms with E-state index in [-0.39, 0.29) is 13.1 Å². The van der Waals surface area contributed by atoms with E-state index in [1.165, 1.54) is 0 Å². The molecule has 0 aliphatic carbocycles. The van der Waals surface area contributed by atoms with E-state index in [9.17, 15) is 13.2 Å². The van der Waals surface area contributed by atoms with Crippen molar-refractivity contribution in [2.75, 3.05) is 5.32 Å². The molecule has 0 atom stereocenters. The van der Waals surface area contributed by atoms with Crippen LogP contribution in [0.15, 0.2) is 18.3 Å². The largest absolute Gasteiger partial charge is 0.433 e. The van der Waals surface area contributed by atoms with Gasteiger partial charge in [0.05, 0.1) is 12.2 Å². The van der Waals surface area contributed by atoms with E-state index in [2.05, 4.69) is 15.5 Å². The van der Waals surface area contributed by atoms with Gasteiger partial charge in [-0.2, -0.15) is 23.4 Å². The lowest BCUT2D eigenvalue weighted by Crippen LogP contribution is -2.13. The van der Waals surface area contributed by atoms with E-state index < -0.39 is 11.9 Å². The molecule has 0 bridgehead atoms. The number of aryl methyl sites for hydroxylation is 2. The van der Waals surface area contributed by atoms with Crippen molar-refractivity contribution < 1.29 is 13.2 Å². The van der Waals surface area contributed by atoms with Crippen LogP contribution in [0.5, 0.6) is 0 Å². The summed E-state index contributed by atoms with van der Waals surface area (Å²) in [5.74, 6) is 0.628. The quantitative estimate of drug-likeness (QED) is 0.891. The number of hydrogen-bond acceptors (Lipinski definition) is 3. The summed E-state index contributed by atoms with van der Waals surface area (Å²) in [6, 6.07) is 2.86. The van der Waals surface area contributed by atoms with E-state index in [4.69, 9.17) is 0 Å². The minimum atomic E-state index is -4.38. The van der Waals surface area contributed by atoms with E-state index in [1.54, 1.807) is 17.7 Å². The summed E-state index contributed by atoms with van der Waals surface area (Å²) in [5.41, 5.74) is -0.382. The number of nitrogens with zero attached hydrogens (tertiary/aromatic N) is 4. The number of alkyl halides is 3. The molecule has 0 radical (unpaired) electrons. The number of rotatable bonds is 6. The van der Waals surface area contributed by atoms with Gasteiger partial charge in [0, 0.05) is 25.4 Å². The van der Waals surface area contributed by atoms with Crippen molar-refractivity contribution in [2.45, 2.75) is 46.1 Å². The second-order valence-corrected chi connectivity index (χ2v) is 4.65. The van der Waals surface area contributed by atoms with E-state index in [1.807, 2.05) is 13.1 Å². The average molecular weight is 301 g/mol. The molecular formula is C13H18F3N5. The molecule has 1 N–H and O–H groups in total. The Morgan fingerprint density at radius 3 is 2.57 bits per heavy atom. The monoisotopic (exact) mass is 301 g/mol. The SMILES string of the molecule is CCCn1ccc(NCc2cc(C(F)(F)F)n(CC)n2)n1. The molecule has 2 aromatic rings. The van der Waals surface area contributed by atoms with Gasteiger partial charge in [-0.05, 0) is 19.4 Å². The van der Waals surface area contributed by atoms with Gasteiger partial charge in [-0.1, -0.05) is 6.92 Å². The Hall–Kier alpha value is -1.99. The predicted octanol–water partition coefficient (Wildman–Crippen LogP) is 3.14. The van der Waals surface area contributed by atoms with Gasteiger partial charge < -0.3 is 5.32 Å². The van der Waals surface area contributed by atoms with E-state index >= 15 is 0 Å². The normalized spacial score (nSPS) is 11.9. The molecule has 5 nitrogen and oxygen atoms in total. The van der Waals surface area contributed by atoms with Gasteiger partial charge in [0.25, 0.3) is 0 Å². The first-order valence-electron chi connectivity index (χ1n) is 6.85. The molecule has 0 saturated heterocycles. The Balaban J connectivity index is 2.04. The molecule has 8 heteroatoms. The van der Waals surface area contributed by atoms with Crippen molar-refractivity contribution in [3.63, 3.8) is 0 Å². The first-order chi connectivity index (χ1) is 9.94. The molecular weight excluding hydrogens is 283 g/mol. The fourth-order valence-corrected chi connectivity index (χ4v) is 2.02. The number of anilines is 1. The summed E-state index contributed by atoms with van der Waals surface area (Å²) in [5, 5.41) is 11.2. The minimum absolute atomic E-state index is 0.181. The Morgan fingerprint density at radius 1 is 1.24 bits per heavy atom. The van der Waals surface area contributed by atoms with Crippen LogP contribution in [-0.4, -0.2) is 19.6 Å². The standard InChI is InChI=1S/C13H18F3N5/c1-3-6-20-7-5-12(19-20)17-9-10-8-11(13(14,15)16)21(4-2)18-10/h5,7-8H,3-4,6,9H2,1-2H3,(H,17,19). The lowest BCUT2D eigenvalue weighted by molar-refractivity contribution is -0.144. The molecule has 21 heavy (non-hydrogen) atoms. The van der Waals surface area contributed by atoms with E-state index in [0.717, 1.165) is 23.7 Å². The lowest BCUT2D eigenvalue weighted by Gasteiger charge is -2.07. The topological polar surface area (TPSA) is 47.7 Å². The molecule has 0 saturated carbocycles. The second-order valence-electron chi connectivity index (χ2n) is 4.65. The van der Waals surface area contributed by atoms with Crippen LogP contribution >= 0.6 is 0 Å². The first kappa shape index (κ1) is 15.4. The van der Waals surface area contributed by atoms with Crippen LogP contribution < -0.4 is 5.32 Å². The molecule has 116 valence electrons. The molecule has 0 fully saturated rings. The number of hydrogen-bond donors (Lipinski definition) is 1. The maximum Gasteiger partial charge on any atom is 0.433 e. The van der Waals surface area contributed by atoms with Gasteiger partial charge in [-0.25, -0.2) is 0 Å². The zero-order chi connectivity index (χ0) is 15.5. The lowest BCUT2D eigenvalue weighted by atomic mass is 10.3. The number of nitrogens with one attached hydrogen (secondary N) is 1. The highest BCUT2D eigenvalue weighted by Gasteiger charge is 2.35. The second kappa shape index (κ2) is 6.19. The van der Waals surface area contributed by atoms with Crippen LogP contribution in [0.3, 0.4) is 0 Å². The van der Waals surface area contributed by atoms with Crippen molar-refractivity contribution in [3.05, 3.63) is 29.7 Å². The summed E-state index contributed by atoms with van der Waals surface area (Å²) in [4.78, 5) is 0. The van der Waals surface area contributed by atoms with Crippen LogP contribution in [0, 0.1) is 0 Å². The van der Waals surface area contributed by atoms with Crippen LogP contribution in [0.2, 0.25) is 0 Å². The molecule has 2 aromatic heterocycles. The minimum Gasteiger partial charge on any atom is -0.363 e. The third-order valence-corrected chi connectivity index (χ3v) is 2.96. The van der Waals surface area contributed by atoms with Crippen molar-refractivity contribution >= 4 is 5.82 Å². The van der Waals surface area contributed by atoms with Gasteiger partial charge in [-0.15, -0.1) is 0 Å². The van der Waals surface area contributed by atoms with Crippen LogP contribution in [-0.2, 0) is 25.8 Å². The summed E-state index contributed by atoms with van der Waals surface area (Å²) in [7, 11) is 0. The summed E-state index contributed by atoms with van der Waals surface area (Å²) < 4.78 is 41.2. The van der Waals surface area contributed by atoms with Gasteiger partial charge in [0.1, 0.15) is 11.5 Å². The fraction of sp³-hybridized carbons (Fsp3) is 0.538. The average Bonchev–Trinajstić information content (AvgIpc) is 3.02. The van der Waals surface area contributed by atoms with Gasteiger partial charge >= 0.3 is 6.18 Å². The van der Waals surface area contributed by atoms with Crippen LogP contribution in [0.1, 0.15) is 31.7 Å². The fourth-order valence-electron chi connectivity index (χ4n) is 2.02. The third-order valence-electron chi connectivity index (χ3n) is 2.96. The molecule has 0 unspecified atom stereocenters. The van der Waals surface area contributed by atoms with Crippen molar-refractivity contribution in [1.29, 1.82) is 0 Å². The highest BCUT2D eigenvalue weighted by Crippen LogP contribution is 2.29. The van der Waals surface area contributed by atoms with Gasteiger partial charge in [-0.3, -0.25) is 9.36 Å². The first-order valence-corrected chi connectivity index (χ1v) is 6.85. The maximum atomic E-state index is 12.8. The molecule has 2 heterocycles. The molecule has 0 amide bonds. The van der Waals surface area contributed by atoms with Gasteiger partial charge in [0.2, 0.25) is 0 Å². The Morgan fingerprint density at radius 2 is 2.00 bits per heavy atom. The maximum absolute atomic E-state index is 12.8. The molecule has 0 aromatic carbocycles. The summed E-state index contributed by atoms with van der Waals surface area (Å²) in [6.45, 7) is 4.88. The molecule has 0 aliphatic heterocycles. The van der Waals surface area contributed by atoms with Crippen LogP contribution in [0.25, 0.3) is 0 Å². The molecule has 0 aliphatic rings. The van der Waals surface area contributed by atoms with Crippen LogP contribution in [0.4, 0.5) is 19.0 Å². The molecule has 2 rings (SSSR count). The van der Waals surface area contributed by atoms with Gasteiger partial charge in [0.15, 0.2) is 0 Å². The van der Waals surface area contributed by atoms with Crippen molar-refractivity contribution in [2.24, 2.45) is 0 Å². The zero-order valence-corrected chi connectivity index (χ0v) is 12.0. The highest BCUT2D eigenvalue weighted by molar-refractivity contribution is 5.33. The Kier molecular flexibility index (Phi) is 4.54. The number of aromatic nitrogens is 4. The highest BCUT2D eigenvalue weighted by atomic mass is 19.4. The summed E-state index contributed by atoms with van der Waals surface area (Å²) >= 11 is 0. The third kappa shape index (κ3) is 3.77. The van der Waals surface area contributed by atoms with Crippen molar-refractivity contribution in [3.8, 4) is 0 Å². The number of halogens is 3. The van der Waals surface area contributed by atoms with Crippen molar-refractivity contribution in [1.82, 2.24) is 19.6 Å². The molecule has 0 spiro atoms. The zero-order valence-electron chi connectivity index (χ0n) is 12.0. The Labute approximate surface area is 120 Å². The Bertz CT molecular complexity index is 585. The van der Waals surface area contributed by atoms with E-state index in [0.29, 0.717) is 11.5 Å².